The summed E-state index contributed by atoms with van der Waals surface area (Å²) in [6, 6.07) is 4.38. The second kappa shape index (κ2) is 7.55. The van der Waals surface area contributed by atoms with Crippen LogP contribution in [-0.4, -0.2) is 50.9 Å². The van der Waals surface area contributed by atoms with E-state index in [1.807, 2.05) is 38.3 Å². The van der Waals surface area contributed by atoms with Crippen molar-refractivity contribution in [1.82, 2.24) is 24.6 Å². The van der Waals surface area contributed by atoms with E-state index in [0.717, 1.165) is 30.1 Å². The SMILES string of the molecule is CCN(C(=O)c1cc(F)ccc1-c1nc(C2CNC2)cn2c(C)ncc12)C(C)C. The Morgan fingerprint density at radius 2 is 2.14 bits per heavy atom. The van der Waals surface area contributed by atoms with Gasteiger partial charge in [0.25, 0.3) is 5.91 Å². The highest BCUT2D eigenvalue weighted by atomic mass is 19.1. The van der Waals surface area contributed by atoms with Gasteiger partial charge >= 0.3 is 0 Å². The van der Waals surface area contributed by atoms with E-state index in [4.69, 9.17) is 4.98 Å². The van der Waals surface area contributed by atoms with Gasteiger partial charge in [0.1, 0.15) is 11.6 Å². The molecule has 0 spiro atoms. The molecule has 6 nitrogen and oxygen atoms in total. The number of nitrogens with zero attached hydrogens (tertiary/aromatic N) is 4. The lowest BCUT2D eigenvalue weighted by atomic mass is 9.97. The summed E-state index contributed by atoms with van der Waals surface area (Å²) in [6.45, 7) is 10.1. The van der Waals surface area contributed by atoms with Crippen molar-refractivity contribution in [3.63, 3.8) is 0 Å². The molecule has 0 radical (unpaired) electrons. The molecule has 4 rings (SSSR count). The summed E-state index contributed by atoms with van der Waals surface area (Å²) in [7, 11) is 0. The summed E-state index contributed by atoms with van der Waals surface area (Å²) in [5, 5.41) is 3.27. The van der Waals surface area contributed by atoms with E-state index in [9.17, 15) is 9.18 Å². The Hall–Kier alpha value is -2.80. The first-order valence-electron chi connectivity index (χ1n) is 10.1. The Morgan fingerprint density at radius 3 is 2.76 bits per heavy atom. The molecule has 1 saturated heterocycles. The zero-order valence-corrected chi connectivity index (χ0v) is 17.2. The molecule has 1 aliphatic heterocycles. The second-order valence-electron chi connectivity index (χ2n) is 7.81. The maximum atomic E-state index is 14.2. The number of aryl methyl sites for hydroxylation is 1. The maximum absolute atomic E-state index is 14.2. The van der Waals surface area contributed by atoms with Gasteiger partial charge in [0.15, 0.2) is 0 Å². The van der Waals surface area contributed by atoms with Gasteiger partial charge in [-0.05, 0) is 45.9 Å². The first-order valence-corrected chi connectivity index (χ1v) is 10.1. The number of halogens is 1. The summed E-state index contributed by atoms with van der Waals surface area (Å²) < 4.78 is 16.2. The van der Waals surface area contributed by atoms with Crippen LogP contribution in [0.15, 0.2) is 30.6 Å². The van der Waals surface area contributed by atoms with Crippen molar-refractivity contribution >= 4 is 11.4 Å². The van der Waals surface area contributed by atoms with Crippen molar-refractivity contribution in [2.24, 2.45) is 0 Å². The highest BCUT2D eigenvalue weighted by molar-refractivity contribution is 6.02. The molecule has 1 fully saturated rings. The van der Waals surface area contributed by atoms with E-state index in [1.54, 1.807) is 17.2 Å². The number of amides is 1. The van der Waals surface area contributed by atoms with Crippen LogP contribution in [0.4, 0.5) is 4.39 Å². The quantitative estimate of drug-likeness (QED) is 0.719. The first kappa shape index (κ1) is 19.5. The highest BCUT2D eigenvalue weighted by Gasteiger charge is 2.26. The van der Waals surface area contributed by atoms with Crippen LogP contribution >= 0.6 is 0 Å². The van der Waals surface area contributed by atoms with Gasteiger partial charge in [0.05, 0.1) is 28.7 Å². The number of hydrogen-bond acceptors (Lipinski definition) is 4. The lowest BCUT2D eigenvalue weighted by Gasteiger charge is -2.28. The van der Waals surface area contributed by atoms with E-state index in [1.165, 1.54) is 12.1 Å². The minimum atomic E-state index is -0.433. The molecule has 0 bridgehead atoms. The molecule has 3 heterocycles. The highest BCUT2D eigenvalue weighted by Crippen LogP contribution is 2.31. The summed E-state index contributed by atoms with van der Waals surface area (Å²) in [4.78, 5) is 24.4. The molecule has 0 aliphatic carbocycles. The topological polar surface area (TPSA) is 62.5 Å². The number of fused-ring (bicyclic) bond motifs is 1. The molecule has 0 saturated carbocycles. The summed E-state index contributed by atoms with van der Waals surface area (Å²) in [5.41, 5.74) is 3.39. The molecule has 1 N–H and O–H groups in total. The lowest BCUT2D eigenvalue weighted by Crippen LogP contribution is -2.40. The average molecular weight is 395 g/mol. The van der Waals surface area contributed by atoms with Crippen molar-refractivity contribution in [3.8, 4) is 11.3 Å². The minimum absolute atomic E-state index is 0.0150. The molecule has 29 heavy (non-hydrogen) atoms. The van der Waals surface area contributed by atoms with E-state index in [-0.39, 0.29) is 11.9 Å². The molecular formula is C22H26FN5O. The zero-order chi connectivity index (χ0) is 20.7. The molecular weight excluding hydrogens is 369 g/mol. The Balaban J connectivity index is 1.93. The normalized spacial score (nSPS) is 14.4. The maximum Gasteiger partial charge on any atom is 0.254 e. The third kappa shape index (κ3) is 3.40. The van der Waals surface area contributed by atoms with Crippen molar-refractivity contribution in [1.29, 1.82) is 0 Å². The molecule has 0 unspecified atom stereocenters. The predicted octanol–water partition coefficient (Wildman–Crippen LogP) is 3.40. The number of hydrogen-bond donors (Lipinski definition) is 1. The Kier molecular flexibility index (Phi) is 5.08. The molecule has 7 heteroatoms. The summed E-state index contributed by atoms with van der Waals surface area (Å²) >= 11 is 0. The number of aromatic nitrogens is 3. The molecule has 3 aromatic rings. The van der Waals surface area contributed by atoms with E-state index >= 15 is 0 Å². The number of carbonyl (C=O) groups is 1. The largest absolute Gasteiger partial charge is 0.336 e. The van der Waals surface area contributed by atoms with Gasteiger partial charge in [-0.1, -0.05) is 0 Å². The Bertz CT molecular complexity index is 1070. The van der Waals surface area contributed by atoms with Crippen molar-refractivity contribution in [2.45, 2.75) is 39.7 Å². The summed E-state index contributed by atoms with van der Waals surface area (Å²) in [6.07, 6.45) is 3.78. The van der Waals surface area contributed by atoms with Gasteiger partial charge in [-0.3, -0.25) is 4.79 Å². The van der Waals surface area contributed by atoms with E-state index < -0.39 is 5.82 Å². The smallest absolute Gasteiger partial charge is 0.254 e. The fourth-order valence-corrected chi connectivity index (χ4v) is 3.83. The van der Waals surface area contributed by atoms with Gasteiger partial charge < -0.3 is 14.6 Å². The molecule has 152 valence electrons. The van der Waals surface area contributed by atoms with Gasteiger partial charge in [0.2, 0.25) is 0 Å². The van der Waals surface area contributed by atoms with Gasteiger partial charge in [-0.2, -0.15) is 0 Å². The lowest BCUT2D eigenvalue weighted by molar-refractivity contribution is 0.0717. The van der Waals surface area contributed by atoms with Gasteiger partial charge in [0, 0.05) is 43.4 Å². The molecule has 2 aromatic heterocycles. The monoisotopic (exact) mass is 395 g/mol. The number of nitrogens with one attached hydrogen (secondary N) is 1. The summed E-state index contributed by atoms with van der Waals surface area (Å²) in [5.74, 6) is 0.549. The van der Waals surface area contributed by atoms with Crippen LogP contribution in [0.1, 0.15) is 48.6 Å². The van der Waals surface area contributed by atoms with Crippen LogP contribution in [0.25, 0.3) is 16.8 Å². The molecule has 0 atom stereocenters. The second-order valence-corrected chi connectivity index (χ2v) is 7.81. The van der Waals surface area contributed by atoms with Crippen LogP contribution in [0.3, 0.4) is 0 Å². The minimum Gasteiger partial charge on any atom is -0.336 e. The zero-order valence-electron chi connectivity index (χ0n) is 17.2. The number of imidazole rings is 1. The predicted molar refractivity (Wildman–Crippen MR) is 111 cm³/mol. The van der Waals surface area contributed by atoms with E-state index in [0.29, 0.717) is 29.3 Å². The number of benzene rings is 1. The van der Waals surface area contributed by atoms with E-state index in [2.05, 4.69) is 10.3 Å². The number of carbonyl (C=O) groups excluding carboxylic acids is 1. The third-order valence-corrected chi connectivity index (χ3v) is 5.62. The van der Waals surface area contributed by atoms with Crippen molar-refractivity contribution in [2.75, 3.05) is 19.6 Å². The van der Waals surface area contributed by atoms with Crippen LogP contribution in [0.2, 0.25) is 0 Å². The fraction of sp³-hybridized carbons (Fsp3) is 0.409. The molecule has 1 aliphatic rings. The van der Waals surface area contributed by atoms with Crippen molar-refractivity contribution < 1.29 is 9.18 Å². The van der Waals surface area contributed by atoms with Crippen molar-refractivity contribution in [3.05, 3.63) is 53.5 Å². The standard InChI is InChI=1S/C22H26FN5O/c1-5-27(13(2)3)22(29)18-8-16(23)6-7-17(18)21-20-11-25-14(4)28(20)12-19(26-21)15-9-24-10-15/h6-8,11-13,15,24H,5,9-10H2,1-4H3. The fourth-order valence-electron chi connectivity index (χ4n) is 3.83. The van der Waals surface area contributed by atoms with Gasteiger partial charge in [-0.25, -0.2) is 14.4 Å². The van der Waals surface area contributed by atoms with Crippen LogP contribution in [0, 0.1) is 12.7 Å². The molecule has 1 aromatic carbocycles. The third-order valence-electron chi connectivity index (χ3n) is 5.62. The Morgan fingerprint density at radius 1 is 1.38 bits per heavy atom. The van der Waals surface area contributed by atoms with Crippen LogP contribution < -0.4 is 5.32 Å². The van der Waals surface area contributed by atoms with Crippen LogP contribution in [-0.2, 0) is 0 Å². The van der Waals surface area contributed by atoms with Gasteiger partial charge in [-0.15, -0.1) is 0 Å². The number of rotatable bonds is 5. The van der Waals surface area contributed by atoms with Crippen LogP contribution in [0.5, 0.6) is 0 Å². The Labute approximate surface area is 169 Å². The molecule has 1 amide bonds. The average Bonchev–Trinajstić information content (AvgIpc) is 3.01. The first-order chi connectivity index (χ1) is 13.9.